The second kappa shape index (κ2) is 6.67. The summed E-state index contributed by atoms with van der Waals surface area (Å²) in [5, 5.41) is 6.37. The molecule has 1 aromatic heterocycles. The van der Waals surface area contributed by atoms with Crippen molar-refractivity contribution in [2.75, 3.05) is 17.7 Å². The molecule has 3 aliphatic rings. The van der Waals surface area contributed by atoms with Crippen LogP contribution in [0.3, 0.4) is 0 Å². The van der Waals surface area contributed by atoms with Crippen LogP contribution in [0.15, 0.2) is 15.6 Å². The van der Waals surface area contributed by atoms with E-state index in [0.29, 0.717) is 5.56 Å². The number of fused-ring (bicyclic) bond motifs is 5. The minimum atomic E-state index is -1.61. The number of carbonyl (C=O) groups excluding carboxylic acids is 3. The maximum Gasteiger partial charge on any atom is 0.242 e. The molecule has 2 amide bonds. The minimum absolute atomic E-state index is 0.0891. The van der Waals surface area contributed by atoms with Crippen molar-refractivity contribution in [1.82, 2.24) is 10.5 Å². The Kier molecular flexibility index (Phi) is 4.36. The lowest BCUT2D eigenvalue weighted by molar-refractivity contribution is -0.158. The molecular weight excluding hydrogens is 429 g/mol. The Bertz CT molecular complexity index is 1170. The Hall–Kier alpha value is -2.66. The number of piperidine rings is 1. The fourth-order valence-corrected chi connectivity index (χ4v) is 5.94. The number of morpholine rings is 1. The molecule has 0 saturated carbocycles. The zero-order valence-corrected chi connectivity index (χ0v) is 17.9. The SMILES string of the molecule is C[C@@H]1CN2c3c(cc4c(S(C)=O)noc4c3F)CC3(C(=O)CC(=O)NC3=O)[C@H]2[C@H](C)O1. The normalized spacial score (nSPS) is 31.5. The molecule has 0 radical (unpaired) electrons. The van der Waals surface area contributed by atoms with Crippen LogP contribution in [0.2, 0.25) is 0 Å². The van der Waals surface area contributed by atoms with E-state index in [2.05, 4.69) is 10.5 Å². The van der Waals surface area contributed by atoms with Gasteiger partial charge in [-0.2, -0.15) is 0 Å². The molecule has 1 aromatic carbocycles. The first-order chi connectivity index (χ1) is 14.6. The molecule has 4 heterocycles. The molecule has 5 atom stereocenters. The van der Waals surface area contributed by atoms with Crippen molar-refractivity contribution >= 4 is 45.1 Å². The number of aromatic nitrogens is 1. The standard InChI is InChI=1S/C20H20FN3O6S/c1-8-7-24-15-10(4-11-16(14(15)21)30-23-18(11)31(3)28)6-20(17(24)9(2)29-8)12(25)5-13(26)22-19(20)27/h4,8-9,17H,5-7H2,1-3H3,(H,22,26,27)/t8-,9+,17-,20?,31?/m1/s1. The molecule has 2 saturated heterocycles. The molecular formula is C20H20FN3O6S. The van der Waals surface area contributed by atoms with E-state index < -0.39 is 58.2 Å². The maximum absolute atomic E-state index is 15.7. The number of rotatable bonds is 1. The van der Waals surface area contributed by atoms with Crippen LogP contribution in [0.4, 0.5) is 10.1 Å². The lowest BCUT2D eigenvalue weighted by atomic mass is 9.63. The van der Waals surface area contributed by atoms with E-state index >= 15 is 4.39 Å². The van der Waals surface area contributed by atoms with E-state index in [1.807, 2.05) is 6.92 Å². The summed E-state index contributed by atoms with van der Waals surface area (Å²) in [4.78, 5) is 39.9. The lowest BCUT2D eigenvalue weighted by Gasteiger charge is -2.55. The highest BCUT2D eigenvalue weighted by molar-refractivity contribution is 7.84. The van der Waals surface area contributed by atoms with E-state index in [-0.39, 0.29) is 40.8 Å². The summed E-state index contributed by atoms with van der Waals surface area (Å²) >= 11 is 0. The summed E-state index contributed by atoms with van der Waals surface area (Å²) in [6.07, 6.45) is -0.0152. The Morgan fingerprint density at radius 3 is 2.74 bits per heavy atom. The summed E-state index contributed by atoms with van der Waals surface area (Å²) in [6.45, 7) is 3.80. The first-order valence-electron chi connectivity index (χ1n) is 9.89. The average Bonchev–Trinajstić information content (AvgIpc) is 3.09. The van der Waals surface area contributed by atoms with Crippen molar-refractivity contribution in [2.24, 2.45) is 5.41 Å². The molecule has 2 unspecified atom stereocenters. The van der Waals surface area contributed by atoms with Crippen LogP contribution in [0.25, 0.3) is 11.0 Å². The van der Waals surface area contributed by atoms with Crippen molar-refractivity contribution in [3.05, 3.63) is 17.4 Å². The number of carbonyl (C=O) groups is 3. The smallest absolute Gasteiger partial charge is 0.242 e. The van der Waals surface area contributed by atoms with E-state index in [1.165, 1.54) is 6.26 Å². The van der Waals surface area contributed by atoms with Crippen LogP contribution >= 0.6 is 0 Å². The number of halogens is 1. The molecule has 3 aliphatic heterocycles. The predicted octanol–water partition coefficient (Wildman–Crippen LogP) is 0.845. The zero-order valence-electron chi connectivity index (χ0n) is 17.1. The second-order valence-electron chi connectivity index (χ2n) is 8.39. The zero-order chi connectivity index (χ0) is 22.2. The number of ether oxygens (including phenoxy) is 1. The maximum atomic E-state index is 15.7. The molecule has 0 aliphatic carbocycles. The topological polar surface area (TPSA) is 119 Å². The van der Waals surface area contributed by atoms with E-state index in [1.54, 1.807) is 17.9 Å². The van der Waals surface area contributed by atoms with Crippen molar-refractivity contribution in [3.63, 3.8) is 0 Å². The number of benzene rings is 1. The van der Waals surface area contributed by atoms with E-state index in [0.717, 1.165) is 0 Å². The molecule has 164 valence electrons. The predicted molar refractivity (Wildman–Crippen MR) is 106 cm³/mol. The van der Waals surface area contributed by atoms with Gasteiger partial charge >= 0.3 is 0 Å². The van der Waals surface area contributed by atoms with E-state index in [4.69, 9.17) is 9.26 Å². The fraction of sp³-hybridized carbons (Fsp3) is 0.500. The first kappa shape index (κ1) is 20.3. The van der Waals surface area contributed by atoms with Gasteiger partial charge in [0.25, 0.3) is 0 Å². The molecule has 0 bridgehead atoms. The van der Waals surface area contributed by atoms with Gasteiger partial charge in [0, 0.05) is 12.8 Å². The van der Waals surface area contributed by atoms with Gasteiger partial charge in [-0.1, -0.05) is 5.16 Å². The van der Waals surface area contributed by atoms with Gasteiger partial charge in [-0.05, 0) is 31.9 Å². The third kappa shape index (κ3) is 2.65. The summed E-state index contributed by atoms with van der Waals surface area (Å²) in [5.74, 6) is -2.56. The van der Waals surface area contributed by atoms with Crippen molar-refractivity contribution in [2.45, 2.75) is 50.0 Å². The van der Waals surface area contributed by atoms with Crippen LogP contribution in [0.1, 0.15) is 25.8 Å². The molecule has 11 heteroatoms. The third-order valence-corrected chi connectivity index (χ3v) is 7.26. The number of Topliss-reactive ketones (excluding diaryl/α,β-unsaturated/α-hetero) is 1. The summed E-state index contributed by atoms with van der Waals surface area (Å²) in [6, 6.07) is 0.784. The van der Waals surface area contributed by atoms with Crippen LogP contribution in [-0.4, -0.2) is 58.0 Å². The molecule has 1 N–H and O–H groups in total. The number of hydrogen-bond donors (Lipinski definition) is 1. The van der Waals surface area contributed by atoms with Crippen LogP contribution in [-0.2, 0) is 36.3 Å². The molecule has 9 nitrogen and oxygen atoms in total. The van der Waals surface area contributed by atoms with Gasteiger partial charge in [-0.3, -0.25) is 23.9 Å². The highest BCUT2D eigenvalue weighted by atomic mass is 32.2. The van der Waals surface area contributed by atoms with Crippen LogP contribution in [0, 0.1) is 11.2 Å². The number of ketones is 1. The first-order valence-corrected chi connectivity index (χ1v) is 11.4. The summed E-state index contributed by atoms with van der Waals surface area (Å²) in [7, 11) is -1.53. The highest BCUT2D eigenvalue weighted by Gasteiger charge is 2.62. The summed E-state index contributed by atoms with van der Waals surface area (Å²) < 4.78 is 38.8. The number of hydrogen-bond acceptors (Lipinski definition) is 8. The Morgan fingerprint density at radius 1 is 1.32 bits per heavy atom. The lowest BCUT2D eigenvalue weighted by Crippen LogP contribution is -2.72. The summed E-state index contributed by atoms with van der Waals surface area (Å²) in [5.41, 5.74) is -1.12. The molecule has 2 fully saturated rings. The number of amides is 2. The number of nitrogens with zero attached hydrogens (tertiary/aromatic N) is 2. The Balaban J connectivity index is 1.80. The number of anilines is 1. The van der Waals surface area contributed by atoms with Gasteiger partial charge in [-0.25, -0.2) is 4.39 Å². The van der Waals surface area contributed by atoms with Gasteiger partial charge in [0.05, 0.1) is 46.5 Å². The number of imide groups is 1. The third-order valence-electron chi connectivity index (χ3n) is 6.42. The molecule has 1 spiro atoms. The van der Waals surface area contributed by atoms with Crippen LogP contribution in [0.5, 0.6) is 0 Å². The largest absolute Gasteiger partial charge is 0.372 e. The Labute approximate surface area is 178 Å². The fourth-order valence-electron chi connectivity index (χ4n) is 5.33. The van der Waals surface area contributed by atoms with Gasteiger partial charge in [0.15, 0.2) is 16.6 Å². The number of nitrogens with one attached hydrogen (secondary N) is 1. The van der Waals surface area contributed by atoms with E-state index in [9.17, 15) is 18.6 Å². The van der Waals surface area contributed by atoms with Gasteiger partial charge in [-0.15, -0.1) is 0 Å². The molecule has 5 rings (SSSR count). The monoisotopic (exact) mass is 449 g/mol. The van der Waals surface area contributed by atoms with Crippen molar-refractivity contribution in [1.29, 1.82) is 0 Å². The van der Waals surface area contributed by atoms with Gasteiger partial charge in [0.2, 0.25) is 17.4 Å². The quantitative estimate of drug-likeness (QED) is 0.503. The van der Waals surface area contributed by atoms with Crippen molar-refractivity contribution in [3.8, 4) is 0 Å². The Morgan fingerprint density at radius 2 is 2.06 bits per heavy atom. The highest BCUT2D eigenvalue weighted by Crippen LogP contribution is 2.50. The van der Waals surface area contributed by atoms with Crippen LogP contribution < -0.4 is 10.2 Å². The minimum Gasteiger partial charge on any atom is -0.372 e. The average molecular weight is 449 g/mol. The van der Waals surface area contributed by atoms with Gasteiger partial charge < -0.3 is 14.2 Å². The van der Waals surface area contributed by atoms with Gasteiger partial charge in [0.1, 0.15) is 5.41 Å². The molecule has 2 aromatic rings. The second-order valence-corrected chi connectivity index (χ2v) is 9.69. The molecule has 31 heavy (non-hydrogen) atoms. The van der Waals surface area contributed by atoms with Crippen molar-refractivity contribution < 1.29 is 32.2 Å².